The fraction of sp³-hybridized carbons (Fsp3) is 0.147. The van der Waals surface area contributed by atoms with Crippen LogP contribution in [-0.4, -0.2) is 17.1 Å². The number of ether oxygens (including phenoxy) is 2. The van der Waals surface area contributed by atoms with Crippen molar-refractivity contribution < 1.29 is 14.3 Å². The summed E-state index contributed by atoms with van der Waals surface area (Å²) < 4.78 is 13.7. The summed E-state index contributed by atoms with van der Waals surface area (Å²) in [5.74, 6) is 0.161. The number of aromatic nitrogens is 1. The van der Waals surface area contributed by atoms with Crippen LogP contribution in [0.15, 0.2) is 112 Å². The summed E-state index contributed by atoms with van der Waals surface area (Å²) in [6.07, 6.45) is 1.82. The van der Waals surface area contributed by atoms with E-state index < -0.39 is 12.0 Å². The van der Waals surface area contributed by atoms with Crippen molar-refractivity contribution in [3.05, 3.63) is 144 Å². The first-order chi connectivity index (χ1) is 20.4. The lowest BCUT2D eigenvalue weighted by Gasteiger charge is -2.24. The number of benzene rings is 4. The maximum atomic E-state index is 14.0. The van der Waals surface area contributed by atoms with Crippen molar-refractivity contribution >= 4 is 45.8 Å². The molecule has 1 aliphatic heterocycles. The van der Waals surface area contributed by atoms with Gasteiger partial charge in [-0.05, 0) is 60.0 Å². The molecule has 6 nitrogen and oxygen atoms in total. The topological polar surface area (TPSA) is 69.9 Å². The average Bonchev–Trinajstić information content (AvgIpc) is 3.30. The fourth-order valence-corrected chi connectivity index (χ4v) is 6.36. The predicted molar refractivity (Wildman–Crippen MR) is 167 cm³/mol. The molecule has 0 radical (unpaired) electrons. The van der Waals surface area contributed by atoms with E-state index in [0.29, 0.717) is 38.0 Å². The Morgan fingerprint density at radius 2 is 1.74 bits per heavy atom. The highest BCUT2D eigenvalue weighted by atomic mass is 35.5. The Labute approximate surface area is 251 Å². The van der Waals surface area contributed by atoms with Gasteiger partial charge in [-0.3, -0.25) is 9.36 Å². The van der Waals surface area contributed by atoms with Gasteiger partial charge < -0.3 is 9.47 Å². The van der Waals surface area contributed by atoms with Gasteiger partial charge in [-0.15, -0.1) is 0 Å². The van der Waals surface area contributed by atoms with Gasteiger partial charge in [-0.1, -0.05) is 95.7 Å². The Kier molecular flexibility index (Phi) is 7.78. The molecule has 0 N–H and O–H groups in total. The van der Waals surface area contributed by atoms with Crippen LogP contribution in [0.25, 0.3) is 16.8 Å². The van der Waals surface area contributed by atoms with Crippen molar-refractivity contribution in [2.24, 2.45) is 4.99 Å². The third kappa shape index (κ3) is 5.29. The number of nitrogens with zero attached hydrogens (tertiary/aromatic N) is 2. The number of hydrogen-bond acceptors (Lipinski definition) is 6. The molecule has 0 bridgehead atoms. The molecule has 210 valence electrons. The number of rotatable bonds is 7. The van der Waals surface area contributed by atoms with E-state index in [-0.39, 0.29) is 12.2 Å². The van der Waals surface area contributed by atoms with Crippen LogP contribution in [0.4, 0.5) is 0 Å². The van der Waals surface area contributed by atoms with E-state index in [1.807, 2.05) is 60.7 Å². The molecule has 6 rings (SSSR count). The fourth-order valence-electron chi connectivity index (χ4n) is 5.20. The van der Waals surface area contributed by atoms with E-state index in [1.165, 1.54) is 11.3 Å². The van der Waals surface area contributed by atoms with Crippen molar-refractivity contribution in [2.75, 3.05) is 6.61 Å². The molecule has 1 aliphatic rings. The van der Waals surface area contributed by atoms with E-state index in [0.717, 1.165) is 27.5 Å². The zero-order valence-corrected chi connectivity index (χ0v) is 24.6. The van der Waals surface area contributed by atoms with Crippen LogP contribution in [0.1, 0.15) is 36.6 Å². The second kappa shape index (κ2) is 11.8. The lowest BCUT2D eigenvalue weighted by atomic mass is 9.96. The highest BCUT2D eigenvalue weighted by Crippen LogP contribution is 2.31. The van der Waals surface area contributed by atoms with Crippen molar-refractivity contribution in [1.82, 2.24) is 4.57 Å². The molecule has 0 saturated carbocycles. The van der Waals surface area contributed by atoms with E-state index in [4.69, 9.17) is 21.1 Å². The number of allylic oxidation sites excluding steroid dienone is 1. The first-order valence-electron chi connectivity index (χ1n) is 13.6. The predicted octanol–water partition coefficient (Wildman–Crippen LogP) is 6.18. The highest BCUT2D eigenvalue weighted by molar-refractivity contribution is 7.07. The summed E-state index contributed by atoms with van der Waals surface area (Å²) in [6.45, 7) is 4.11. The van der Waals surface area contributed by atoms with Crippen LogP contribution < -0.4 is 19.6 Å². The minimum absolute atomic E-state index is 0.211. The van der Waals surface area contributed by atoms with Gasteiger partial charge in [-0.2, -0.15) is 0 Å². The quantitative estimate of drug-likeness (QED) is 0.211. The largest absolute Gasteiger partial charge is 0.488 e. The summed E-state index contributed by atoms with van der Waals surface area (Å²) in [6, 6.07) is 28.4. The minimum Gasteiger partial charge on any atom is -0.488 e. The van der Waals surface area contributed by atoms with Crippen LogP contribution in [-0.2, 0) is 16.1 Å². The number of hydrogen-bond donors (Lipinski definition) is 0. The number of carbonyl (C=O) groups is 1. The molecule has 0 amide bonds. The molecule has 1 atom stereocenters. The second-order valence-corrected chi connectivity index (χ2v) is 11.3. The molecule has 0 saturated heterocycles. The van der Waals surface area contributed by atoms with Gasteiger partial charge in [0.25, 0.3) is 5.56 Å². The zero-order chi connectivity index (χ0) is 29.2. The van der Waals surface area contributed by atoms with Gasteiger partial charge in [0, 0.05) is 10.6 Å². The van der Waals surface area contributed by atoms with E-state index >= 15 is 0 Å². The maximum absolute atomic E-state index is 14.0. The standard InChI is InChI=1S/C34H27ClN2O4S/c1-3-40-33(39)30-21(2)36-34-37(31(30)23-15-17-26(35)18-16-23)32(38)29(42-34)19-24-10-5-7-14-28(24)41-20-25-12-8-11-22-9-4-6-13-27(22)25/h4-19,31H,3,20H2,1-2H3/b29-19+/t31-/m0/s1. The Morgan fingerprint density at radius 3 is 2.55 bits per heavy atom. The molecule has 8 heteroatoms. The van der Waals surface area contributed by atoms with Gasteiger partial charge in [0.2, 0.25) is 0 Å². The first-order valence-corrected chi connectivity index (χ1v) is 14.8. The summed E-state index contributed by atoms with van der Waals surface area (Å²) in [5, 5.41) is 2.85. The molecule has 2 heterocycles. The van der Waals surface area contributed by atoms with E-state index in [1.54, 1.807) is 30.5 Å². The van der Waals surface area contributed by atoms with Gasteiger partial charge in [0.05, 0.1) is 28.5 Å². The number of para-hydroxylation sites is 1. The third-order valence-electron chi connectivity index (χ3n) is 7.17. The Balaban J connectivity index is 1.42. The monoisotopic (exact) mass is 594 g/mol. The van der Waals surface area contributed by atoms with Crippen molar-refractivity contribution in [3.63, 3.8) is 0 Å². The Morgan fingerprint density at radius 1 is 1.00 bits per heavy atom. The summed E-state index contributed by atoms with van der Waals surface area (Å²) in [7, 11) is 0. The third-order valence-corrected chi connectivity index (χ3v) is 8.41. The molecule has 0 aliphatic carbocycles. The zero-order valence-electron chi connectivity index (χ0n) is 23.0. The summed E-state index contributed by atoms with van der Waals surface area (Å²) >= 11 is 7.43. The van der Waals surface area contributed by atoms with Gasteiger partial charge >= 0.3 is 5.97 Å². The second-order valence-electron chi connectivity index (χ2n) is 9.82. The lowest BCUT2D eigenvalue weighted by molar-refractivity contribution is -0.139. The molecule has 42 heavy (non-hydrogen) atoms. The van der Waals surface area contributed by atoms with E-state index in [9.17, 15) is 9.59 Å². The van der Waals surface area contributed by atoms with Gasteiger partial charge in [0.15, 0.2) is 4.80 Å². The molecular weight excluding hydrogens is 568 g/mol. The Bertz CT molecular complexity index is 2020. The maximum Gasteiger partial charge on any atom is 0.338 e. The molecule has 5 aromatic rings. The normalized spacial score (nSPS) is 14.9. The molecule has 4 aromatic carbocycles. The van der Waals surface area contributed by atoms with Crippen molar-refractivity contribution in [2.45, 2.75) is 26.5 Å². The first kappa shape index (κ1) is 27.7. The van der Waals surface area contributed by atoms with Crippen molar-refractivity contribution in [3.8, 4) is 5.75 Å². The SMILES string of the molecule is CCOC(=O)C1=C(C)N=c2s/c(=C/c3ccccc3OCc3cccc4ccccc34)c(=O)n2[C@H]1c1ccc(Cl)cc1. The number of halogens is 1. The van der Waals surface area contributed by atoms with E-state index in [2.05, 4.69) is 29.3 Å². The van der Waals surface area contributed by atoms with Crippen LogP contribution >= 0.6 is 22.9 Å². The number of carbonyl (C=O) groups excluding carboxylic acids is 1. The van der Waals surface area contributed by atoms with Crippen molar-refractivity contribution in [1.29, 1.82) is 0 Å². The molecule has 1 aromatic heterocycles. The smallest absolute Gasteiger partial charge is 0.338 e. The van der Waals surface area contributed by atoms with Gasteiger partial charge in [0.1, 0.15) is 12.4 Å². The average molecular weight is 595 g/mol. The minimum atomic E-state index is -0.697. The highest BCUT2D eigenvalue weighted by Gasteiger charge is 2.33. The van der Waals surface area contributed by atoms with Gasteiger partial charge in [-0.25, -0.2) is 9.79 Å². The number of thiazole rings is 1. The van der Waals surface area contributed by atoms with Crippen LogP contribution in [0.2, 0.25) is 5.02 Å². The Hall–Kier alpha value is -4.46. The summed E-state index contributed by atoms with van der Waals surface area (Å²) in [5.41, 5.74) is 3.18. The van der Waals surface area contributed by atoms with Crippen LogP contribution in [0.3, 0.4) is 0 Å². The molecule has 0 fully saturated rings. The lowest BCUT2D eigenvalue weighted by Crippen LogP contribution is -2.39. The summed E-state index contributed by atoms with van der Waals surface area (Å²) in [4.78, 5) is 32.2. The molecular formula is C34H27ClN2O4S. The molecule has 0 unspecified atom stereocenters. The number of esters is 1. The van der Waals surface area contributed by atoms with Crippen LogP contribution in [0, 0.1) is 0 Å². The number of fused-ring (bicyclic) bond motifs is 2. The molecule has 0 spiro atoms. The van der Waals surface area contributed by atoms with Crippen LogP contribution in [0.5, 0.6) is 5.75 Å².